The number of rotatable bonds is 4. The lowest BCUT2D eigenvalue weighted by Gasteiger charge is -2.07. The highest BCUT2D eigenvalue weighted by atomic mass is 16.6. The van der Waals surface area contributed by atoms with Gasteiger partial charge in [0.1, 0.15) is 5.69 Å². The second kappa shape index (κ2) is 7.32. The van der Waals surface area contributed by atoms with Gasteiger partial charge in [0, 0.05) is 34.7 Å². The van der Waals surface area contributed by atoms with Crippen LogP contribution in [0.3, 0.4) is 0 Å². The number of nitro groups is 1. The van der Waals surface area contributed by atoms with Crippen molar-refractivity contribution in [3.63, 3.8) is 0 Å². The van der Waals surface area contributed by atoms with Crippen LogP contribution in [-0.2, 0) is 6.42 Å². The van der Waals surface area contributed by atoms with E-state index >= 15 is 0 Å². The standard InChI is InChI=1S/C25H20N4O2/c1-3-17-9-12-23-21(13-17)25-22(15-26-23)24(18-10-7-16(2)8-11-18)27-28(25)19-5-4-6-20(14-19)29(30)31/h4-15H,3H2,1-2H3. The summed E-state index contributed by atoms with van der Waals surface area (Å²) in [6, 6.07) is 21.0. The van der Waals surface area contributed by atoms with E-state index in [1.807, 2.05) is 37.4 Å². The Morgan fingerprint density at radius 2 is 1.81 bits per heavy atom. The van der Waals surface area contributed by atoms with Gasteiger partial charge in [-0.25, -0.2) is 4.68 Å². The van der Waals surface area contributed by atoms with Gasteiger partial charge in [0.2, 0.25) is 0 Å². The third-order valence-electron chi connectivity index (χ3n) is 5.59. The lowest BCUT2D eigenvalue weighted by atomic mass is 10.0. The zero-order chi connectivity index (χ0) is 21.5. The summed E-state index contributed by atoms with van der Waals surface area (Å²) in [4.78, 5) is 15.7. The molecule has 3 aromatic carbocycles. The molecule has 2 heterocycles. The van der Waals surface area contributed by atoms with Crippen LogP contribution in [0.5, 0.6) is 0 Å². The van der Waals surface area contributed by atoms with Crippen molar-refractivity contribution in [3.8, 4) is 16.9 Å². The summed E-state index contributed by atoms with van der Waals surface area (Å²) in [5.41, 5.74) is 6.60. The third-order valence-corrected chi connectivity index (χ3v) is 5.59. The first-order chi connectivity index (χ1) is 15.0. The second-order valence-electron chi connectivity index (χ2n) is 7.63. The van der Waals surface area contributed by atoms with Gasteiger partial charge in [0.05, 0.1) is 21.6 Å². The smallest absolute Gasteiger partial charge is 0.258 e. The highest BCUT2D eigenvalue weighted by Gasteiger charge is 2.18. The number of benzene rings is 3. The molecule has 5 rings (SSSR count). The number of hydrogen-bond donors (Lipinski definition) is 0. The molecule has 0 amide bonds. The summed E-state index contributed by atoms with van der Waals surface area (Å²) in [5, 5.41) is 18.2. The molecule has 152 valence electrons. The molecule has 0 radical (unpaired) electrons. The lowest BCUT2D eigenvalue weighted by molar-refractivity contribution is -0.384. The monoisotopic (exact) mass is 408 g/mol. The molecule has 0 spiro atoms. The molecule has 0 aliphatic heterocycles. The van der Waals surface area contributed by atoms with Crippen LogP contribution in [0.1, 0.15) is 18.1 Å². The average molecular weight is 408 g/mol. The number of pyridine rings is 1. The Morgan fingerprint density at radius 3 is 2.55 bits per heavy atom. The maximum atomic E-state index is 11.4. The van der Waals surface area contributed by atoms with Crippen molar-refractivity contribution in [2.24, 2.45) is 0 Å². The molecule has 0 saturated heterocycles. The van der Waals surface area contributed by atoms with Gasteiger partial charge in [-0.05, 0) is 37.1 Å². The van der Waals surface area contributed by atoms with Gasteiger partial charge in [0.15, 0.2) is 0 Å². The van der Waals surface area contributed by atoms with E-state index in [1.165, 1.54) is 17.2 Å². The molecule has 5 aromatic rings. The maximum absolute atomic E-state index is 11.4. The Labute approximate surface area is 178 Å². The van der Waals surface area contributed by atoms with Crippen LogP contribution in [0.15, 0.2) is 72.9 Å². The number of nitro benzene ring substituents is 1. The SMILES string of the molecule is CCc1ccc2ncc3c(-c4ccc(C)cc4)nn(-c4cccc([N+](=O)[O-])c4)c3c2c1. The zero-order valence-electron chi connectivity index (χ0n) is 17.2. The highest BCUT2D eigenvalue weighted by Crippen LogP contribution is 2.34. The average Bonchev–Trinajstić information content (AvgIpc) is 3.19. The van der Waals surface area contributed by atoms with E-state index in [0.717, 1.165) is 39.5 Å². The molecule has 0 N–H and O–H groups in total. The van der Waals surface area contributed by atoms with E-state index in [-0.39, 0.29) is 10.6 Å². The summed E-state index contributed by atoms with van der Waals surface area (Å²) < 4.78 is 1.81. The van der Waals surface area contributed by atoms with Crippen LogP contribution < -0.4 is 0 Å². The highest BCUT2D eigenvalue weighted by molar-refractivity contribution is 6.09. The molecule has 6 heteroatoms. The van der Waals surface area contributed by atoms with Crippen molar-refractivity contribution in [3.05, 3.63) is 94.2 Å². The van der Waals surface area contributed by atoms with E-state index < -0.39 is 0 Å². The van der Waals surface area contributed by atoms with Crippen LogP contribution in [0, 0.1) is 17.0 Å². The van der Waals surface area contributed by atoms with Gasteiger partial charge in [-0.3, -0.25) is 15.1 Å². The minimum absolute atomic E-state index is 0.0330. The van der Waals surface area contributed by atoms with Gasteiger partial charge < -0.3 is 0 Å². The molecule has 0 aliphatic carbocycles. The molecule has 6 nitrogen and oxygen atoms in total. The van der Waals surface area contributed by atoms with Crippen LogP contribution in [-0.4, -0.2) is 19.7 Å². The fourth-order valence-electron chi connectivity index (χ4n) is 3.90. The van der Waals surface area contributed by atoms with Crippen molar-refractivity contribution < 1.29 is 4.92 Å². The number of fused-ring (bicyclic) bond motifs is 3. The fraction of sp³-hybridized carbons (Fsp3) is 0.120. The molecule has 31 heavy (non-hydrogen) atoms. The van der Waals surface area contributed by atoms with Crippen molar-refractivity contribution in [1.82, 2.24) is 14.8 Å². The predicted octanol–water partition coefficient (Wildman–Crippen LogP) is 6.02. The molecule has 0 unspecified atom stereocenters. The fourth-order valence-corrected chi connectivity index (χ4v) is 3.90. The minimum Gasteiger partial charge on any atom is -0.258 e. The van der Waals surface area contributed by atoms with Crippen molar-refractivity contribution in [2.45, 2.75) is 20.3 Å². The zero-order valence-corrected chi connectivity index (χ0v) is 17.2. The van der Waals surface area contributed by atoms with Crippen molar-refractivity contribution in [1.29, 1.82) is 0 Å². The van der Waals surface area contributed by atoms with Crippen LogP contribution in [0.25, 0.3) is 38.8 Å². The van der Waals surface area contributed by atoms with E-state index in [0.29, 0.717) is 5.69 Å². The molecule has 0 fully saturated rings. The molecule has 0 bridgehead atoms. The number of aromatic nitrogens is 3. The first-order valence-electron chi connectivity index (χ1n) is 10.2. The second-order valence-corrected chi connectivity index (χ2v) is 7.63. The van der Waals surface area contributed by atoms with Crippen molar-refractivity contribution in [2.75, 3.05) is 0 Å². The number of aryl methyl sites for hydroxylation is 2. The number of nitrogens with zero attached hydrogens (tertiary/aromatic N) is 4. The topological polar surface area (TPSA) is 73.8 Å². The number of hydrogen-bond acceptors (Lipinski definition) is 4. The number of non-ortho nitro benzene ring substituents is 1. The minimum atomic E-state index is -0.384. The van der Waals surface area contributed by atoms with E-state index in [1.54, 1.807) is 16.8 Å². The maximum Gasteiger partial charge on any atom is 0.271 e. The Balaban J connectivity index is 1.88. The normalized spacial score (nSPS) is 11.3. The largest absolute Gasteiger partial charge is 0.271 e. The summed E-state index contributed by atoms with van der Waals surface area (Å²) in [6.45, 7) is 4.16. The van der Waals surface area contributed by atoms with Crippen LogP contribution in [0.2, 0.25) is 0 Å². The van der Waals surface area contributed by atoms with Gasteiger partial charge in [0.25, 0.3) is 5.69 Å². The first-order valence-corrected chi connectivity index (χ1v) is 10.2. The molecule has 0 atom stereocenters. The lowest BCUT2D eigenvalue weighted by Crippen LogP contribution is -1.99. The van der Waals surface area contributed by atoms with E-state index in [2.05, 4.69) is 36.2 Å². The summed E-state index contributed by atoms with van der Waals surface area (Å²) in [5.74, 6) is 0. The Kier molecular flexibility index (Phi) is 4.47. The quantitative estimate of drug-likeness (QED) is 0.269. The molecule has 0 aliphatic rings. The molecule has 0 saturated carbocycles. The van der Waals surface area contributed by atoms with E-state index in [9.17, 15) is 10.1 Å². The first kappa shape index (κ1) is 18.9. The van der Waals surface area contributed by atoms with Gasteiger partial charge >= 0.3 is 0 Å². The Bertz CT molecular complexity index is 1450. The molecular weight excluding hydrogens is 388 g/mol. The van der Waals surface area contributed by atoms with E-state index in [4.69, 9.17) is 5.10 Å². The molecular formula is C25H20N4O2. The summed E-state index contributed by atoms with van der Waals surface area (Å²) >= 11 is 0. The van der Waals surface area contributed by atoms with Gasteiger partial charge in [-0.15, -0.1) is 0 Å². The van der Waals surface area contributed by atoms with Gasteiger partial charge in [-0.2, -0.15) is 5.10 Å². The Morgan fingerprint density at radius 1 is 1.00 bits per heavy atom. The van der Waals surface area contributed by atoms with Gasteiger partial charge in [-0.1, -0.05) is 48.9 Å². The van der Waals surface area contributed by atoms with Crippen molar-refractivity contribution >= 4 is 27.5 Å². The predicted molar refractivity (Wildman–Crippen MR) is 123 cm³/mol. The van der Waals surface area contributed by atoms with Crippen LogP contribution >= 0.6 is 0 Å². The molecule has 2 aromatic heterocycles. The summed E-state index contributed by atoms with van der Waals surface area (Å²) in [7, 11) is 0. The third kappa shape index (κ3) is 3.22. The summed E-state index contributed by atoms with van der Waals surface area (Å²) in [6.07, 6.45) is 2.75. The van der Waals surface area contributed by atoms with Crippen LogP contribution in [0.4, 0.5) is 5.69 Å². The Hall–Kier alpha value is -4.06.